The molecule has 4 heteroatoms. The summed E-state index contributed by atoms with van der Waals surface area (Å²) in [6, 6.07) is 6.14. The van der Waals surface area contributed by atoms with Crippen LogP contribution in [-0.2, 0) is 24.1 Å². The number of hydrogen-bond donors (Lipinski definition) is 1. The van der Waals surface area contributed by atoms with Crippen LogP contribution in [0.4, 0.5) is 0 Å². The normalized spacial score (nSPS) is 15.5. The Morgan fingerprint density at radius 1 is 1.32 bits per heavy atom. The van der Waals surface area contributed by atoms with Crippen LogP contribution in [0.3, 0.4) is 0 Å². The van der Waals surface area contributed by atoms with Crippen molar-refractivity contribution in [3.05, 3.63) is 41.2 Å². The molecule has 1 aliphatic carbocycles. The summed E-state index contributed by atoms with van der Waals surface area (Å²) >= 11 is 0. The van der Waals surface area contributed by atoms with E-state index in [-0.39, 0.29) is 5.91 Å². The van der Waals surface area contributed by atoms with Gasteiger partial charge in [0.15, 0.2) is 0 Å². The highest BCUT2D eigenvalue weighted by Crippen LogP contribution is 2.41. The minimum Gasteiger partial charge on any atom is -0.496 e. The maximum absolute atomic E-state index is 11.5. The van der Waals surface area contributed by atoms with Gasteiger partial charge in [-0.2, -0.15) is 0 Å². The van der Waals surface area contributed by atoms with Crippen LogP contribution in [0, 0.1) is 0 Å². The number of rotatable bonds is 1. The standard InChI is InChI=1S/C15H14N2O2/c1-19-13-4-2-3-11-10(13)6-5-9-8-17-12(15(9)11)7-14(18)16-17/h2-4,8H,5-7H2,1H3,(H,16,18). The highest BCUT2D eigenvalue weighted by molar-refractivity contribution is 5.92. The molecule has 0 spiro atoms. The van der Waals surface area contributed by atoms with E-state index in [1.807, 2.05) is 16.8 Å². The lowest BCUT2D eigenvalue weighted by Gasteiger charge is -2.19. The van der Waals surface area contributed by atoms with E-state index in [0.717, 1.165) is 24.3 Å². The van der Waals surface area contributed by atoms with Crippen molar-refractivity contribution in [2.45, 2.75) is 19.3 Å². The van der Waals surface area contributed by atoms with Crippen LogP contribution in [0.2, 0.25) is 0 Å². The first-order valence-corrected chi connectivity index (χ1v) is 6.47. The van der Waals surface area contributed by atoms with Gasteiger partial charge in [0.2, 0.25) is 5.91 Å². The number of amides is 1. The van der Waals surface area contributed by atoms with Gasteiger partial charge >= 0.3 is 0 Å². The number of carbonyl (C=O) groups excluding carboxylic acids is 1. The zero-order valence-corrected chi connectivity index (χ0v) is 10.7. The highest BCUT2D eigenvalue weighted by Gasteiger charge is 2.29. The lowest BCUT2D eigenvalue weighted by atomic mass is 9.86. The molecule has 0 saturated carbocycles. The summed E-state index contributed by atoms with van der Waals surface area (Å²) in [6.45, 7) is 0. The van der Waals surface area contributed by atoms with E-state index in [1.54, 1.807) is 7.11 Å². The van der Waals surface area contributed by atoms with Crippen molar-refractivity contribution in [2.24, 2.45) is 0 Å². The molecule has 2 aliphatic rings. The van der Waals surface area contributed by atoms with Gasteiger partial charge in [0.25, 0.3) is 0 Å². The topological polar surface area (TPSA) is 43.3 Å². The monoisotopic (exact) mass is 254 g/mol. The van der Waals surface area contributed by atoms with E-state index in [4.69, 9.17) is 4.74 Å². The number of nitrogens with one attached hydrogen (secondary N) is 1. The second-order valence-electron chi connectivity index (χ2n) is 5.04. The summed E-state index contributed by atoms with van der Waals surface area (Å²) in [5.74, 6) is 1.01. The quantitative estimate of drug-likeness (QED) is 0.844. The SMILES string of the molecule is COc1cccc2c1CCc1cn3c(c1-2)CC(=O)N3. The molecule has 19 heavy (non-hydrogen) atoms. The number of aromatic nitrogens is 1. The molecule has 1 amide bonds. The van der Waals surface area contributed by atoms with Crippen molar-refractivity contribution >= 4 is 5.91 Å². The van der Waals surface area contributed by atoms with E-state index < -0.39 is 0 Å². The maximum atomic E-state index is 11.5. The fraction of sp³-hybridized carbons (Fsp3) is 0.267. The first-order chi connectivity index (χ1) is 9.28. The van der Waals surface area contributed by atoms with Gasteiger partial charge in [-0.3, -0.25) is 14.9 Å². The Balaban J connectivity index is 1.97. The molecule has 0 unspecified atom stereocenters. The third-order valence-electron chi connectivity index (χ3n) is 4.03. The number of hydrogen-bond acceptors (Lipinski definition) is 2. The molecule has 0 radical (unpaired) electrons. The maximum Gasteiger partial charge on any atom is 0.244 e. The van der Waals surface area contributed by atoms with Crippen LogP contribution in [0.1, 0.15) is 16.8 Å². The zero-order valence-electron chi connectivity index (χ0n) is 10.7. The van der Waals surface area contributed by atoms with Gasteiger partial charge in [0.1, 0.15) is 5.75 Å². The van der Waals surface area contributed by atoms with Gasteiger partial charge < -0.3 is 4.74 Å². The van der Waals surface area contributed by atoms with Crippen LogP contribution in [-0.4, -0.2) is 17.7 Å². The van der Waals surface area contributed by atoms with Crippen molar-refractivity contribution in [3.63, 3.8) is 0 Å². The largest absolute Gasteiger partial charge is 0.496 e. The molecule has 0 saturated heterocycles. The molecular formula is C15H14N2O2. The Morgan fingerprint density at radius 2 is 2.21 bits per heavy atom. The Kier molecular flexibility index (Phi) is 2.04. The minimum atomic E-state index is 0.0628. The highest BCUT2D eigenvalue weighted by atomic mass is 16.5. The Labute approximate surface area is 111 Å². The van der Waals surface area contributed by atoms with Gasteiger partial charge in [-0.15, -0.1) is 0 Å². The predicted octanol–water partition coefficient (Wildman–Crippen LogP) is 1.89. The van der Waals surface area contributed by atoms with Crippen molar-refractivity contribution < 1.29 is 9.53 Å². The van der Waals surface area contributed by atoms with Crippen molar-refractivity contribution in [3.8, 4) is 16.9 Å². The summed E-state index contributed by atoms with van der Waals surface area (Å²) in [4.78, 5) is 11.5. The molecule has 96 valence electrons. The summed E-state index contributed by atoms with van der Waals surface area (Å²) in [5.41, 5.74) is 8.94. The van der Waals surface area contributed by atoms with Crippen LogP contribution >= 0.6 is 0 Å². The average Bonchev–Trinajstić information content (AvgIpc) is 2.93. The van der Waals surface area contributed by atoms with E-state index >= 15 is 0 Å². The first kappa shape index (κ1) is 10.7. The zero-order chi connectivity index (χ0) is 13.0. The molecular weight excluding hydrogens is 240 g/mol. The minimum absolute atomic E-state index is 0.0628. The molecule has 4 rings (SSSR count). The van der Waals surface area contributed by atoms with Crippen LogP contribution in [0.25, 0.3) is 11.1 Å². The molecule has 0 atom stereocenters. The second kappa shape index (κ2) is 3.63. The van der Waals surface area contributed by atoms with E-state index in [1.165, 1.54) is 22.3 Å². The molecule has 4 nitrogen and oxygen atoms in total. The lowest BCUT2D eigenvalue weighted by molar-refractivity contribution is -0.115. The summed E-state index contributed by atoms with van der Waals surface area (Å²) in [5, 5.41) is 0. The number of nitrogens with zero attached hydrogens (tertiary/aromatic N) is 1. The van der Waals surface area contributed by atoms with Gasteiger partial charge in [0, 0.05) is 17.3 Å². The van der Waals surface area contributed by atoms with Crippen LogP contribution < -0.4 is 10.2 Å². The Hall–Kier alpha value is -2.23. The average molecular weight is 254 g/mol. The van der Waals surface area contributed by atoms with Crippen molar-refractivity contribution in [1.29, 1.82) is 0 Å². The van der Waals surface area contributed by atoms with E-state index in [9.17, 15) is 4.79 Å². The van der Waals surface area contributed by atoms with Crippen LogP contribution in [0.5, 0.6) is 5.75 Å². The van der Waals surface area contributed by atoms with E-state index in [0.29, 0.717) is 6.42 Å². The van der Waals surface area contributed by atoms with Gasteiger partial charge in [-0.05, 0) is 30.0 Å². The fourth-order valence-electron chi connectivity index (χ4n) is 3.23. The summed E-state index contributed by atoms with van der Waals surface area (Å²) in [7, 11) is 1.71. The predicted molar refractivity (Wildman–Crippen MR) is 71.9 cm³/mol. The molecule has 1 aromatic carbocycles. The molecule has 0 fully saturated rings. The molecule has 1 aliphatic heterocycles. The first-order valence-electron chi connectivity index (χ1n) is 6.47. The third-order valence-corrected chi connectivity index (χ3v) is 4.03. The smallest absolute Gasteiger partial charge is 0.244 e. The molecule has 0 bridgehead atoms. The summed E-state index contributed by atoms with van der Waals surface area (Å²) in [6.07, 6.45) is 4.51. The van der Waals surface area contributed by atoms with Crippen molar-refractivity contribution in [1.82, 2.24) is 4.68 Å². The number of ether oxygens (including phenoxy) is 1. The Morgan fingerprint density at radius 3 is 3.05 bits per heavy atom. The summed E-state index contributed by atoms with van der Waals surface area (Å²) < 4.78 is 7.33. The van der Waals surface area contributed by atoms with Gasteiger partial charge in [0.05, 0.1) is 19.2 Å². The van der Waals surface area contributed by atoms with Crippen molar-refractivity contribution in [2.75, 3.05) is 12.5 Å². The third kappa shape index (κ3) is 1.37. The Bertz CT molecular complexity index is 700. The number of carbonyl (C=O) groups is 1. The van der Waals surface area contributed by atoms with E-state index in [2.05, 4.69) is 17.7 Å². The lowest BCUT2D eigenvalue weighted by Crippen LogP contribution is -2.13. The second-order valence-corrected chi connectivity index (χ2v) is 5.04. The number of aryl methyl sites for hydroxylation is 1. The molecule has 1 aromatic heterocycles. The van der Waals surface area contributed by atoms with Crippen LogP contribution in [0.15, 0.2) is 24.4 Å². The molecule has 2 heterocycles. The number of fused-ring (bicyclic) bond motifs is 5. The number of benzene rings is 1. The molecule has 1 N–H and O–H groups in total. The fourth-order valence-corrected chi connectivity index (χ4v) is 3.23. The van der Waals surface area contributed by atoms with Gasteiger partial charge in [-0.25, -0.2) is 0 Å². The molecule has 2 aromatic rings. The van der Waals surface area contributed by atoms with Gasteiger partial charge in [-0.1, -0.05) is 12.1 Å². The number of methoxy groups -OCH3 is 1.